The van der Waals surface area contributed by atoms with Crippen molar-refractivity contribution in [2.24, 2.45) is 5.92 Å². The van der Waals surface area contributed by atoms with E-state index in [4.69, 9.17) is 4.74 Å². The third kappa shape index (κ3) is 8.10. The van der Waals surface area contributed by atoms with E-state index in [1.54, 1.807) is 0 Å². The van der Waals surface area contributed by atoms with Gasteiger partial charge in [0, 0.05) is 19.6 Å². The third-order valence-electron chi connectivity index (χ3n) is 5.57. The highest BCUT2D eigenvalue weighted by Crippen LogP contribution is 2.22. The first-order valence-corrected chi connectivity index (χ1v) is 11.2. The van der Waals surface area contributed by atoms with Crippen molar-refractivity contribution in [3.05, 3.63) is 70.6 Å². The molecule has 3 nitrogen and oxygen atoms in total. The highest BCUT2D eigenvalue weighted by atomic mass is 16.5. The van der Waals surface area contributed by atoms with E-state index in [-0.39, 0.29) is 0 Å². The van der Waals surface area contributed by atoms with E-state index in [1.807, 2.05) is 0 Å². The number of allylic oxidation sites excluding steroid dienone is 3. The molecule has 0 spiro atoms. The zero-order valence-electron chi connectivity index (χ0n) is 19.1. The van der Waals surface area contributed by atoms with Crippen LogP contribution in [0, 0.1) is 12.8 Å². The van der Waals surface area contributed by atoms with Gasteiger partial charge in [-0.15, -0.1) is 0 Å². The van der Waals surface area contributed by atoms with Crippen molar-refractivity contribution in [1.29, 1.82) is 0 Å². The van der Waals surface area contributed by atoms with E-state index in [0.29, 0.717) is 6.61 Å². The predicted octanol–water partition coefficient (Wildman–Crippen LogP) is 5.98. The first kappa shape index (κ1) is 23.3. The number of ether oxygens (including phenoxy) is 1. The van der Waals surface area contributed by atoms with Gasteiger partial charge < -0.3 is 15.0 Å². The Balaban J connectivity index is 1.78. The lowest BCUT2D eigenvalue weighted by Gasteiger charge is -2.35. The van der Waals surface area contributed by atoms with Gasteiger partial charge in [0.2, 0.25) is 0 Å². The highest BCUT2D eigenvalue weighted by molar-refractivity contribution is 5.24. The summed E-state index contributed by atoms with van der Waals surface area (Å²) in [5, 5.41) is 3.67. The normalized spacial score (nSPS) is 15.8. The molecule has 1 aromatic rings. The third-order valence-corrected chi connectivity index (χ3v) is 5.57. The monoisotopic (exact) mass is 396 g/mol. The second kappa shape index (κ2) is 12.5. The Kier molecular flexibility index (Phi) is 10.1. The summed E-state index contributed by atoms with van der Waals surface area (Å²) >= 11 is 0. The standard InChI is InChI=1S/C26H40N2O/c1-6-8-25(21(3)4)19-27-18-23-14-16-28(17-15-23)26(9-7-2)29-20-24-12-10-22(5)11-13-24/h6,8-13,23,27H,7,14-20H2,1-5H3/b8-6+,26-9-. The average molecular weight is 397 g/mol. The van der Waals surface area contributed by atoms with Gasteiger partial charge in [-0.2, -0.15) is 0 Å². The number of hydrogen-bond donors (Lipinski definition) is 1. The second-order valence-corrected chi connectivity index (χ2v) is 8.31. The molecule has 2 rings (SSSR count). The largest absolute Gasteiger partial charge is 0.474 e. The smallest absolute Gasteiger partial charge is 0.185 e. The maximum atomic E-state index is 6.21. The Morgan fingerprint density at radius 2 is 1.86 bits per heavy atom. The molecule has 1 aliphatic rings. The minimum Gasteiger partial charge on any atom is -0.474 e. The molecule has 1 aromatic carbocycles. The molecule has 1 saturated heterocycles. The van der Waals surface area contributed by atoms with Gasteiger partial charge in [-0.3, -0.25) is 0 Å². The molecule has 1 aliphatic heterocycles. The fourth-order valence-electron chi connectivity index (χ4n) is 3.67. The minimum atomic E-state index is 0.643. The molecule has 0 saturated carbocycles. The summed E-state index contributed by atoms with van der Waals surface area (Å²) in [5.74, 6) is 1.80. The summed E-state index contributed by atoms with van der Waals surface area (Å²) in [6.45, 7) is 15.6. The molecule has 160 valence electrons. The van der Waals surface area contributed by atoms with Crippen molar-refractivity contribution in [2.45, 2.75) is 60.5 Å². The van der Waals surface area contributed by atoms with Crippen LogP contribution < -0.4 is 5.32 Å². The number of nitrogens with one attached hydrogen (secondary N) is 1. The Morgan fingerprint density at radius 1 is 1.17 bits per heavy atom. The van der Waals surface area contributed by atoms with Gasteiger partial charge in [0.1, 0.15) is 6.61 Å². The van der Waals surface area contributed by atoms with Crippen LogP contribution in [-0.4, -0.2) is 31.1 Å². The van der Waals surface area contributed by atoms with Crippen LogP contribution in [0.25, 0.3) is 0 Å². The fraction of sp³-hybridized carbons (Fsp3) is 0.538. The van der Waals surface area contributed by atoms with Crippen LogP contribution in [0.2, 0.25) is 0 Å². The van der Waals surface area contributed by atoms with Crippen LogP contribution in [-0.2, 0) is 11.3 Å². The summed E-state index contributed by atoms with van der Waals surface area (Å²) in [6.07, 6.45) is 10.0. The molecule has 3 heteroatoms. The van der Waals surface area contributed by atoms with E-state index >= 15 is 0 Å². The lowest BCUT2D eigenvalue weighted by molar-refractivity contribution is 0.0779. The SMILES string of the molecule is C/C=C/C(CNCC1CCN(/C(=C/CC)OCc2ccc(C)cc2)CC1)=C(C)C. The second-order valence-electron chi connectivity index (χ2n) is 8.31. The average Bonchev–Trinajstić information content (AvgIpc) is 2.72. The van der Waals surface area contributed by atoms with E-state index in [2.05, 4.69) is 87.3 Å². The number of hydrogen-bond acceptors (Lipinski definition) is 3. The Bertz CT molecular complexity index is 688. The highest BCUT2D eigenvalue weighted by Gasteiger charge is 2.21. The maximum absolute atomic E-state index is 6.21. The number of rotatable bonds is 10. The molecule has 1 heterocycles. The fourth-order valence-corrected chi connectivity index (χ4v) is 3.67. The van der Waals surface area contributed by atoms with Gasteiger partial charge in [0.15, 0.2) is 5.88 Å². The molecule has 29 heavy (non-hydrogen) atoms. The summed E-state index contributed by atoms with van der Waals surface area (Å²) in [6, 6.07) is 8.62. The molecular formula is C26H40N2O. The molecule has 0 bridgehead atoms. The van der Waals surface area contributed by atoms with Crippen LogP contribution in [0.3, 0.4) is 0 Å². The lowest BCUT2D eigenvalue weighted by atomic mass is 9.96. The van der Waals surface area contributed by atoms with E-state index in [0.717, 1.165) is 44.4 Å². The maximum Gasteiger partial charge on any atom is 0.185 e. The van der Waals surface area contributed by atoms with Crippen LogP contribution in [0.1, 0.15) is 58.1 Å². The van der Waals surface area contributed by atoms with Crippen LogP contribution in [0.5, 0.6) is 0 Å². The first-order chi connectivity index (χ1) is 14.0. The molecule has 0 radical (unpaired) electrons. The molecule has 0 atom stereocenters. The van der Waals surface area contributed by atoms with Gasteiger partial charge in [-0.1, -0.05) is 54.5 Å². The predicted molar refractivity (Wildman–Crippen MR) is 125 cm³/mol. The molecule has 1 N–H and O–H groups in total. The Labute approximate surface area is 178 Å². The van der Waals surface area contributed by atoms with Gasteiger partial charge >= 0.3 is 0 Å². The van der Waals surface area contributed by atoms with Crippen LogP contribution in [0.4, 0.5) is 0 Å². The molecule has 0 aliphatic carbocycles. The van der Waals surface area contributed by atoms with Crippen molar-refractivity contribution in [3.63, 3.8) is 0 Å². The molecular weight excluding hydrogens is 356 g/mol. The van der Waals surface area contributed by atoms with Crippen molar-refractivity contribution >= 4 is 0 Å². The molecule has 0 unspecified atom stereocenters. The van der Waals surface area contributed by atoms with Crippen LogP contribution >= 0.6 is 0 Å². The summed E-state index contributed by atoms with van der Waals surface area (Å²) in [7, 11) is 0. The zero-order valence-corrected chi connectivity index (χ0v) is 19.1. The van der Waals surface area contributed by atoms with Gasteiger partial charge in [-0.25, -0.2) is 0 Å². The van der Waals surface area contributed by atoms with Crippen molar-refractivity contribution < 1.29 is 4.74 Å². The lowest BCUT2D eigenvalue weighted by Crippen LogP contribution is -2.37. The Morgan fingerprint density at radius 3 is 2.45 bits per heavy atom. The van der Waals surface area contributed by atoms with Crippen molar-refractivity contribution in [3.8, 4) is 0 Å². The van der Waals surface area contributed by atoms with E-state index < -0.39 is 0 Å². The number of aryl methyl sites for hydroxylation is 1. The van der Waals surface area contributed by atoms with Crippen molar-refractivity contribution in [2.75, 3.05) is 26.2 Å². The van der Waals surface area contributed by atoms with Crippen LogP contribution in [0.15, 0.2) is 59.5 Å². The van der Waals surface area contributed by atoms with Gasteiger partial charge in [-0.05, 0) is 76.6 Å². The minimum absolute atomic E-state index is 0.643. The molecule has 0 aromatic heterocycles. The molecule has 1 fully saturated rings. The van der Waals surface area contributed by atoms with E-state index in [1.165, 1.54) is 35.1 Å². The van der Waals surface area contributed by atoms with Gasteiger partial charge in [0.05, 0.1) is 0 Å². The first-order valence-electron chi connectivity index (χ1n) is 11.2. The van der Waals surface area contributed by atoms with E-state index in [9.17, 15) is 0 Å². The number of piperidine rings is 1. The summed E-state index contributed by atoms with van der Waals surface area (Å²) in [5.41, 5.74) is 5.32. The number of nitrogens with zero attached hydrogens (tertiary/aromatic N) is 1. The van der Waals surface area contributed by atoms with Crippen molar-refractivity contribution in [1.82, 2.24) is 10.2 Å². The zero-order chi connectivity index (χ0) is 21.1. The topological polar surface area (TPSA) is 24.5 Å². The summed E-state index contributed by atoms with van der Waals surface area (Å²) < 4.78 is 6.21. The van der Waals surface area contributed by atoms with Gasteiger partial charge in [0.25, 0.3) is 0 Å². The molecule has 0 amide bonds. The Hall–Kier alpha value is -2.00. The number of likely N-dealkylation sites (tertiary alicyclic amines) is 1. The summed E-state index contributed by atoms with van der Waals surface area (Å²) in [4.78, 5) is 2.43. The number of benzene rings is 1. The quantitative estimate of drug-likeness (QED) is 0.389.